The molecule has 3 rings (SSSR count). The van der Waals surface area contributed by atoms with Gasteiger partial charge >= 0.3 is 0 Å². The molecule has 1 N–H and O–H groups in total. The number of carbonyl (C=O) groups excluding carboxylic acids is 2. The normalized spacial score (nSPS) is 28.1. The van der Waals surface area contributed by atoms with Gasteiger partial charge in [0.15, 0.2) is 6.10 Å². The molecule has 0 radical (unpaired) electrons. The second-order valence-corrected chi connectivity index (χ2v) is 3.88. The highest BCUT2D eigenvalue weighted by Gasteiger charge is 2.49. The Kier molecular flexibility index (Phi) is 1.94. The molecule has 2 unspecified atom stereocenters. The lowest BCUT2D eigenvalue weighted by molar-refractivity contribution is -0.129. The van der Waals surface area contributed by atoms with E-state index in [0.717, 1.165) is 5.69 Å². The summed E-state index contributed by atoms with van der Waals surface area (Å²) in [6.07, 6.45) is -0.660. The molecule has 0 spiro atoms. The fourth-order valence-electron chi connectivity index (χ4n) is 2.02. The predicted molar refractivity (Wildman–Crippen MR) is 55.3 cm³/mol. The lowest BCUT2D eigenvalue weighted by atomic mass is 10.1. The van der Waals surface area contributed by atoms with E-state index in [0.29, 0.717) is 6.54 Å². The van der Waals surface area contributed by atoms with Gasteiger partial charge in [0.25, 0.3) is 5.91 Å². The Labute approximate surface area is 91.9 Å². The molecule has 1 aromatic carbocycles. The van der Waals surface area contributed by atoms with E-state index in [1.165, 1.54) is 0 Å². The van der Waals surface area contributed by atoms with Crippen LogP contribution in [0.5, 0.6) is 0 Å². The van der Waals surface area contributed by atoms with Gasteiger partial charge in [-0.15, -0.1) is 0 Å². The molecule has 0 saturated carbocycles. The first-order valence-electron chi connectivity index (χ1n) is 5.10. The van der Waals surface area contributed by atoms with Gasteiger partial charge in [-0.05, 0) is 12.1 Å². The summed E-state index contributed by atoms with van der Waals surface area (Å²) in [5, 5.41) is 3.86. The van der Waals surface area contributed by atoms with E-state index < -0.39 is 6.10 Å². The van der Waals surface area contributed by atoms with E-state index in [9.17, 15) is 9.59 Å². The van der Waals surface area contributed by atoms with Gasteiger partial charge in [-0.1, -0.05) is 18.2 Å². The van der Waals surface area contributed by atoms with Gasteiger partial charge in [-0.25, -0.2) is 0 Å². The Balaban J connectivity index is 1.84. The molecular weight excluding hydrogens is 208 g/mol. The maximum atomic E-state index is 11.4. The highest BCUT2D eigenvalue weighted by atomic mass is 16.7. The molecule has 0 aromatic heterocycles. The summed E-state index contributed by atoms with van der Waals surface area (Å²) >= 11 is 0. The van der Waals surface area contributed by atoms with Crippen LogP contribution in [0.1, 0.15) is 0 Å². The molecule has 0 bridgehead atoms. The summed E-state index contributed by atoms with van der Waals surface area (Å²) in [4.78, 5) is 28.2. The fraction of sp³-hybridized carbons (Fsp3) is 0.273. The highest BCUT2D eigenvalue weighted by molar-refractivity contribution is 6.07. The Morgan fingerprint density at radius 2 is 1.94 bits per heavy atom. The summed E-state index contributed by atoms with van der Waals surface area (Å²) in [7, 11) is 0. The van der Waals surface area contributed by atoms with Crippen LogP contribution in [-0.2, 0) is 14.4 Å². The number of carbonyl (C=O) groups is 2. The first-order chi connectivity index (χ1) is 7.75. The minimum Gasteiger partial charge on any atom is -0.294 e. The standard InChI is InChI=1S/C11H10N2O3/c14-10-8-6-13(7-4-2-1-3-5-7)16-9(8)11(15)12-10/h1-5,8-9H,6H2,(H,12,14,15). The fourth-order valence-corrected chi connectivity index (χ4v) is 2.02. The van der Waals surface area contributed by atoms with Crippen LogP contribution in [0, 0.1) is 5.92 Å². The van der Waals surface area contributed by atoms with Gasteiger partial charge in [0.2, 0.25) is 5.91 Å². The zero-order valence-corrected chi connectivity index (χ0v) is 8.42. The van der Waals surface area contributed by atoms with Gasteiger partial charge in [-0.2, -0.15) is 0 Å². The van der Waals surface area contributed by atoms with Gasteiger partial charge < -0.3 is 0 Å². The summed E-state index contributed by atoms with van der Waals surface area (Å²) in [6.45, 7) is 0.423. The van der Waals surface area contributed by atoms with E-state index >= 15 is 0 Å². The molecule has 82 valence electrons. The minimum absolute atomic E-state index is 0.242. The molecule has 1 aromatic rings. The van der Waals surface area contributed by atoms with E-state index in [4.69, 9.17) is 4.84 Å². The van der Waals surface area contributed by atoms with E-state index in [-0.39, 0.29) is 17.7 Å². The SMILES string of the molecule is O=C1NC(=O)C2ON(c3ccccc3)CC12. The largest absolute Gasteiger partial charge is 0.294 e. The third-order valence-corrected chi connectivity index (χ3v) is 2.85. The third-order valence-electron chi connectivity index (χ3n) is 2.85. The second-order valence-electron chi connectivity index (χ2n) is 3.88. The molecule has 16 heavy (non-hydrogen) atoms. The van der Waals surface area contributed by atoms with Crippen molar-refractivity contribution in [2.45, 2.75) is 6.10 Å². The molecular formula is C11H10N2O3. The maximum absolute atomic E-state index is 11.4. The molecule has 2 heterocycles. The number of benzene rings is 1. The van der Waals surface area contributed by atoms with E-state index in [1.807, 2.05) is 30.3 Å². The minimum atomic E-state index is -0.660. The van der Waals surface area contributed by atoms with Crippen LogP contribution < -0.4 is 10.4 Å². The number of hydrogen-bond donors (Lipinski definition) is 1. The average molecular weight is 218 g/mol. The van der Waals surface area contributed by atoms with Gasteiger partial charge in [0.05, 0.1) is 18.2 Å². The number of amides is 2. The summed E-state index contributed by atoms with van der Waals surface area (Å²) in [5.41, 5.74) is 0.859. The van der Waals surface area contributed by atoms with E-state index in [1.54, 1.807) is 5.06 Å². The summed E-state index contributed by atoms with van der Waals surface area (Å²) in [5.74, 6) is -0.963. The van der Waals surface area contributed by atoms with Gasteiger partial charge in [0.1, 0.15) is 0 Å². The van der Waals surface area contributed by atoms with Crippen LogP contribution in [-0.4, -0.2) is 24.5 Å². The Hall–Kier alpha value is -1.88. The smallest absolute Gasteiger partial charge is 0.259 e. The van der Waals surface area contributed by atoms with Crippen molar-refractivity contribution in [3.63, 3.8) is 0 Å². The molecule has 2 amide bonds. The van der Waals surface area contributed by atoms with Crippen LogP contribution in [0.2, 0.25) is 0 Å². The molecule has 0 aliphatic carbocycles. The quantitative estimate of drug-likeness (QED) is 0.678. The lowest BCUT2D eigenvalue weighted by Crippen LogP contribution is -2.31. The molecule has 2 aliphatic heterocycles. The van der Waals surface area contributed by atoms with Crippen molar-refractivity contribution in [1.82, 2.24) is 5.32 Å². The number of hydroxylamine groups is 1. The zero-order chi connectivity index (χ0) is 11.1. The summed E-state index contributed by atoms with van der Waals surface area (Å²) < 4.78 is 0. The molecule has 2 atom stereocenters. The molecule has 5 nitrogen and oxygen atoms in total. The first kappa shape index (κ1) is 9.35. The van der Waals surface area contributed by atoms with Crippen LogP contribution >= 0.6 is 0 Å². The van der Waals surface area contributed by atoms with Crippen molar-refractivity contribution in [3.05, 3.63) is 30.3 Å². The number of anilines is 1. The Bertz CT molecular complexity index is 424. The van der Waals surface area contributed by atoms with Crippen molar-refractivity contribution in [2.24, 2.45) is 5.92 Å². The van der Waals surface area contributed by atoms with Crippen molar-refractivity contribution >= 4 is 17.5 Å². The van der Waals surface area contributed by atoms with Gasteiger partial charge in [0, 0.05) is 0 Å². The number of para-hydroxylation sites is 1. The number of nitrogens with zero attached hydrogens (tertiary/aromatic N) is 1. The maximum Gasteiger partial charge on any atom is 0.259 e. The topological polar surface area (TPSA) is 58.6 Å². The van der Waals surface area contributed by atoms with Crippen LogP contribution in [0.15, 0.2) is 30.3 Å². The number of hydrogen-bond acceptors (Lipinski definition) is 4. The molecule has 5 heteroatoms. The molecule has 2 fully saturated rings. The first-order valence-corrected chi connectivity index (χ1v) is 5.10. The Morgan fingerprint density at radius 1 is 1.19 bits per heavy atom. The zero-order valence-electron chi connectivity index (χ0n) is 8.42. The molecule has 2 aliphatic rings. The lowest BCUT2D eigenvalue weighted by Gasteiger charge is -2.17. The van der Waals surface area contributed by atoms with Crippen molar-refractivity contribution in [1.29, 1.82) is 0 Å². The van der Waals surface area contributed by atoms with Crippen LogP contribution in [0.25, 0.3) is 0 Å². The van der Waals surface area contributed by atoms with Crippen LogP contribution in [0.3, 0.4) is 0 Å². The third kappa shape index (κ3) is 1.29. The van der Waals surface area contributed by atoms with Crippen molar-refractivity contribution in [3.8, 4) is 0 Å². The second kappa shape index (κ2) is 3.31. The highest BCUT2D eigenvalue weighted by Crippen LogP contribution is 2.29. The van der Waals surface area contributed by atoms with Crippen molar-refractivity contribution in [2.75, 3.05) is 11.6 Å². The predicted octanol–water partition coefficient (Wildman–Crippen LogP) is 0.0794. The summed E-state index contributed by atoms with van der Waals surface area (Å²) in [6, 6.07) is 9.43. The van der Waals surface area contributed by atoms with Crippen LogP contribution in [0.4, 0.5) is 5.69 Å². The van der Waals surface area contributed by atoms with Crippen molar-refractivity contribution < 1.29 is 14.4 Å². The number of nitrogens with one attached hydrogen (secondary N) is 1. The van der Waals surface area contributed by atoms with Gasteiger partial charge in [-0.3, -0.25) is 24.8 Å². The Morgan fingerprint density at radius 3 is 2.62 bits per heavy atom. The average Bonchev–Trinajstić information content (AvgIpc) is 2.83. The number of rotatable bonds is 1. The monoisotopic (exact) mass is 218 g/mol. The molecule has 2 saturated heterocycles. The number of imide groups is 1. The number of fused-ring (bicyclic) bond motifs is 1. The van der Waals surface area contributed by atoms with E-state index in [2.05, 4.69) is 5.32 Å².